The van der Waals surface area contributed by atoms with Gasteiger partial charge >= 0.3 is 0 Å². The molecular formula is C19H25NO4. The molecule has 3 rings (SSSR count). The van der Waals surface area contributed by atoms with Crippen LogP contribution in [0.3, 0.4) is 0 Å². The normalized spacial score (nSPS) is 27.8. The summed E-state index contributed by atoms with van der Waals surface area (Å²) >= 11 is 0. The Morgan fingerprint density at radius 2 is 2.00 bits per heavy atom. The predicted molar refractivity (Wildman–Crippen MR) is 89.4 cm³/mol. The van der Waals surface area contributed by atoms with Gasteiger partial charge in [-0.15, -0.1) is 0 Å². The summed E-state index contributed by atoms with van der Waals surface area (Å²) in [6.45, 7) is 5.19. The number of ether oxygens (including phenoxy) is 2. The van der Waals surface area contributed by atoms with E-state index in [0.717, 1.165) is 37.0 Å². The molecule has 1 aromatic carbocycles. The molecule has 2 amide bonds. The quantitative estimate of drug-likeness (QED) is 0.778. The number of carbonyl (C=O) groups excluding carboxylic acids is 2. The van der Waals surface area contributed by atoms with Gasteiger partial charge in [0.1, 0.15) is 0 Å². The van der Waals surface area contributed by atoms with Crippen molar-refractivity contribution in [2.24, 2.45) is 0 Å². The van der Waals surface area contributed by atoms with Crippen molar-refractivity contribution in [2.45, 2.75) is 51.2 Å². The van der Waals surface area contributed by atoms with Crippen LogP contribution in [-0.2, 0) is 24.5 Å². The molecule has 2 atom stereocenters. The van der Waals surface area contributed by atoms with Gasteiger partial charge in [-0.2, -0.15) is 0 Å². The molecule has 0 saturated carbocycles. The first kappa shape index (κ1) is 17.1. The second kappa shape index (κ2) is 7.03. The molecule has 0 radical (unpaired) electrons. The van der Waals surface area contributed by atoms with Crippen LogP contribution in [0.25, 0.3) is 0 Å². The number of nitrogens with zero attached hydrogens (tertiary/aromatic N) is 1. The highest BCUT2D eigenvalue weighted by atomic mass is 16.7. The van der Waals surface area contributed by atoms with Gasteiger partial charge in [0.15, 0.2) is 6.29 Å². The number of benzene rings is 1. The summed E-state index contributed by atoms with van der Waals surface area (Å²) < 4.78 is 11.2. The molecule has 0 unspecified atom stereocenters. The van der Waals surface area contributed by atoms with E-state index in [4.69, 9.17) is 9.47 Å². The van der Waals surface area contributed by atoms with Crippen molar-refractivity contribution in [2.75, 3.05) is 19.8 Å². The third-order valence-electron chi connectivity index (χ3n) is 4.97. The van der Waals surface area contributed by atoms with E-state index in [1.54, 1.807) is 0 Å². The molecule has 2 heterocycles. The number of carbonyl (C=O) groups is 2. The summed E-state index contributed by atoms with van der Waals surface area (Å²) in [5.74, 6) is -0.263. The van der Waals surface area contributed by atoms with E-state index < -0.39 is 5.41 Å². The van der Waals surface area contributed by atoms with Crippen molar-refractivity contribution >= 4 is 11.8 Å². The van der Waals surface area contributed by atoms with Crippen molar-refractivity contribution in [3.05, 3.63) is 35.4 Å². The second-order valence-electron chi connectivity index (χ2n) is 6.89. The average Bonchev–Trinajstić information content (AvgIpc) is 2.80. The summed E-state index contributed by atoms with van der Waals surface area (Å²) in [6, 6.07) is 7.84. The Labute approximate surface area is 142 Å². The van der Waals surface area contributed by atoms with Crippen LogP contribution < -0.4 is 0 Å². The van der Waals surface area contributed by atoms with Gasteiger partial charge in [-0.05, 0) is 38.7 Å². The molecule has 0 N–H and O–H groups in total. The van der Waals surface area contributed by atoms with Gasteiger partial charge in [0, 0.05) is 13.0 Å². The molecule has 0 spiro atoms. The zero-order valence-electron chi connectivity index (χ0n) is 14.4. The largest absolute Gasteiger partial charge is 0.353 e. The van der Waals surface area contributed by atoms with E-state index in [1.165, 1.54) is 4.90 Å². The standard InChI is InChI=1S/C19H25NO4/c1-14-6-8-15(9-7-14)19(2)13-16(21)20(18(19)22)10-12-24-17-5-3-4-11-23-17/h6-9,17H,3-5,10-13H2,1-2H3/t17-,19+/m0/s1. The molecular weight excluding hydrogens is 306 g/mol. The minimum atomic E-state index is -0.772. The molecule has 2 aliphatic heterocycles. The first-order valence-corrected chi connectivity index (χ1v) is 8.66. The Kier molecular flexibility index (Phi) is 5.01. The van der Waals surface area contributed by atoms with Crippen LogP contribution >= 0.6 is 0 Å². The Morgan fingerprint density at radius 1 is 1.25 bits per heavy atom. The van der Waals surface area contributed by atoms with Crippen molar-refractivity contribution in [1.82, 2.24) is 4.90 Å². The van der Waals surface area contributed by atoms with Gasteiger partial charge in [0.05, 0.1) is 18.6 Å². The highest BCUT2D eigenvalue weighted by Crippen LogP contribution is 2.36. The van der Waals surface area contributed by atoms with Gasteiger partial charge in [-0.25, -0.2) is 0 Å². The first-order valence-electron chi connectivity index (χ1n) is 8.66. The van der Waals surface area contributed by atoms with Crippen LogP contribution in [0.4, 0.5) is 0 Å². The minimum Gasteiger partial charge on any atom is -0.353 e. The minimum absolute atomic E-state index is 0.128. The van der Waals surface area contributed by atoms with Crippen LogP contribution in [-0.4, -0.2) is 42.8 Å². The molecule has 5 heteroatoms. The fourth-order valence-electron chi connectivity index (χ4n) is 3.38. The number of aryl methyl sites for hydroxylation is 1. The Morgan fingerprint density at radius 3 is 2.67 bits per heavy atom. The monoisotopic (exact) mass is 331 g/mol. The molecule has 2 aliphatic rings. The van der Waals surface area contributed by atoms with E-state index >= 15 is 0 Å². The first-order chi connectivity index (χ1) is 11.5. The van der Waals surface area contributed by atoms with E-state index in [0.29, 0.717) is 13.2 Å². The van der Waals surface area contributed by atoms with Crippen LogP contribution in [0.5, 0.6) is 0 Å². The van der Waals surface area contributed by atoms with Crippen LogP contribution in [0, 0.1) is 6.92 Å². The second-order valence-corrected chi connectivity index (χ2v) is 6.89. The highest BCUT2D eigenvalue weighted by molar-refractivity contribution is 6.08. The number of amides is 2. The van der Waals surface area contributed by atoms with Gasteiger partial charge < -0.3 is 9.47 Å². The van der Waals surface area contributed by atoms with Crippen LogP contribution in [0.1, 0.15) is 43.7 Å². The summed E-state index contributed by atoms with van der Waals surface area (Å²) in [5.41, 5.74) is 1.26. The van der Waals surface area contributed by atoms with Gasteiger partial charge in [0.25, 0.3) is 0 Å². The Bertz CT molecular complexity index is 606. The summed E-state index contributed by atoms with van der Waals surface area (Å²) in [4.78, 5) is 26.5. The molecule has 0 aliphatic carbocycles. The van der Waals surface area contributed by atoms with Crippen molar-refractivity contribution in [1.29, 1.82) is 0 Å². The molecule has 24 heavy (non-hydrogen) atoms. The number of rotatable bonds is 5. The number of likely N-dealkylation sites (tertiary alicyclic amines) is 1. The lowest BCUT2D eigenvalue weighted by molar-refractivity contribution is -0.167. The van der Waals surface area contributed by atoms with E-state index in [1.807, 2.05) is 38.1 Å². The molecule has 0 bridgehead atoms. The van der Waals surface area contributed by atoms with Crippen LogP contribution in [0.2, 0.25) is 0 Å². The molecule has 130 valence electrons. The average molecular weight is 331 g/mol. The van der Waals surface area contributed by atoms with Crippen LogP contribution in [0.15, 0.2) is 24.3 Å². The maximum Gasteiger partial charge on any atom is 0.240 e. The SMILES string of the molecule is Cc1ccc([C@@]2(C)CC(=O)N(CCO[C@H]3CCCCO3)C2=O)cc1. The van der Waals surface area contributed by atoms with Gasteiger partial charge in [0.2, 0.25) is 11.8 Å². The zero-order chi connectivity index (χ0) is 17.2. The lowest BCUT2D eigenvalue weighted by atomic mass is 9.81. The van der Waals surface area contributed by atoms with Gasteiger partial charge in [-0.3, -0.25) is 14.5 Å². The van der Waals surface area contributed by atoms with Crippen molar-refractivity contribution in [3.8, 4) is 0 Å². The lowest BCUT2D eigenvalue weighted by Gasteiger charge is -2.25. The van der Waals surface area contributed by atoms with Crippen molar-refractivity contribution < 1.29 is 19.1 Å². The fourth-order valence-corrected chi connectivity index (χ4v) is 3.38. The predicted octanol–water partition coefficient (Wildman–Crippen LogP) is 2.55. The Balaban J connectivity index is 1.62. The topological polar surface area (TPSA) is 55.8 Å². The maximum absolute atomic E-state index is 12.8. The summed E-state index contributed by atoms with van der Waals surface area (Å²) in [6.07, 6.45) is 3.06. The molecule has 2 fully saturated rings. The lowest BCUT2D eigenvalue weighted by Crippen LogP contribution is -2.39. The highest BCUT2D eigenvalue weighted by Gasteiger charge is 2.49. The third kappa shape index (κ3) is 3.37. The van der Waals surface area contributed by atoms with E-state index in [2.05, 4.69) is 0 Å². The van der Waals surface area contributed by atoms with Crippen molar-refractivity contribution in [3.63, 3.8) is 0 Å². The molecule has 0 aromatic heterocycles. The molecule has 2 saturated heterocycles. The maximum atomic E-state index is 12.8. The van der Waals surface area contributed by atoms with Gasteiger partial charge in [-0.1, -0.05) is 29.8 Å². The summed E-state index contributed by atoms with van der Waals surface area (Å²) in [5, 5.41) is 0. The molecule has 5 nitrogen and oxygen atoms in total. The van der Waals surface area contributed by atoms with E-state index in [9.17, 15) is 9.59 Å². The number of hydrogen-bond donors (Lipinski definition) is 0. The zero-order valence-corrected chi connectivity index (χ0v) is 14.4. The third-order valence-corrected chi connectivity index (χ3v) is 4.97. The summed E-state index contributed by atoms with van der Waals surface area (Å²) in [7, 11) is 0. The Hall–Kier alpha value is -1.72. The van der Waals surface area contributed by atoms with E-state index in [-0.39, 0.29) is 24.5 Å². The fraction of sp³-hybridized carbons (Fsp3) is 0.579. The molecule has 1 aromatic rings. The number of hydrogen-bond acceptors (Lipinski definition) is 4. The number of imide groups is 1. The smallest absolute Gasteiger partial charge is 0.240 e.